The highest BCUT2D eigenvalue weighted by molar-refractivity contribution is 7.26. The van der Waals surface area contributed by atoms with Crippen molar-refractivity contribution < 1.29 is 0 Å². The van der Waals surface area contributed by atoms with Crippen molar-refractivity contribution in [3.05, 3.63) is 47.0 Å². The summed E-state index contributed by atoms with van der Waals surface area (Å²) >= 11 is 1.93. The fraction of sp³-hybridized carbons (Fsp3) is 0.200. The SMILES string of the molecule is Cc1cccc2c1sc1c(C)ccc(C)c12. The van der Waals surface area contributed by atoms with Gasteiger partial charge in [0, 0.05) is 20.2 Å². The monoisotopic (exact) mass is 226 g/mol. The van der Waals surface area contributed by atoms with Crippen LogP contribution in [0.4, 0.5) is 0 Å². The Kier molecular flexibility index (Phi) is 2.05. The molecule has 0 N–H and O–H groups in total. The lowest BCUT2D eigenvalue weighted by Crippen LogP contribution is -1.77. The van der Waals surface area contributed by atoms with Gasteiger partial charge in [-0.2, -0.15) is 0 Å². The fourth-order valence-corrected chi connectivity index (χ4v) is 3.65. The van der Waals surface area contributed by atoms with Crippen molar-refractivity contribution in [2.75, 3.05) is 0 Å². The molecule has 2 aromatic carbocycles. The van der Waals surface area contributed by atoms with Gasteiger partial charge in [-0.25, -0.2) is 0 Å². The van der Waals surface area contributed by atoms with Crippen molar-refractivity contribution in [2.24, 2.45) is 0 Å². The van der Waals surface area contributed by atoms with Gasteiger partial charge in [-0.3, -0.25) is 0 Å². The first-order chi connectivity index (χ1) is 7.68. The minimum Gasteiger partial charge on any atom is -0.135 e. The lowest BCUT2D eigenvalue weighted by Gasteiger charge is -2.00. The fourth-order valence-electron chi connectivity index (χ4n) is 2.34. The Morgan fingerprint density at radius 3 is 2.25 bits per heavy atom. The molecule has 0 bridgehead atoms. The maximum atomic E-state index is 2.24. The maximum Gasteiger partial charge on any atom is 0.0387 e. The van der Waals surface area contributed by atoms with E-state index in [0.29, 0.717) is 0 Å². The van der Waals surface area contributed by atoms with Gasteiger partial charge in [0.25, 0.3) is 0 Å². The Morgan fingerprint density at radius 2 is 1.44 bits per heavy atom. The molecule has 0 spiro atoms. The van der Waals surface area contributed by atoms with Crippen LogP contribution in [0.1, 0.15) is 16.7 Å². The molecular formula is C15H14S. The first-order valence-corrected chi connectivity index (χ1v) is 6.38. The van der Waals surface area contributed by atoms with Crippen LogP contribution in [0.15, 0.2) is 30.3 Å². The normalized spacial score (nSPS) is 11.4. The zero-order chi connectivity index (χ0) is 11.3. The van der Waals surface area contributed by atoms with Crippen LogP contribution in [0.5, 0.6) is 0 Å². The van der Waals surface area contributed by atoms with Crippen molar-refractivity contribution in [3.8, 4) is 0 Å². The van der Waals surface area contributed by atoms with Crippen LogP contribution < -0.4 is 0 Å². The van der Waals surface area contributed by atoms with Crippen molar-refractivity contribution in [1.82, 2.24) is 0 Å². The summed E-state index contributed by atoms with van der Waals surface area (Å²) < 4.78 is 2.89. The van der Waals surface area contributed by atoms with Gasteiger partial charge in [-0.15, -0.1) is 11.3 Å². The zero-order valence-electron chi connectivity index (χ0n) is 9.79. The van der Waals surface area contributed by atoms with Crippen molar-refractivity contribution in [2.45, 2.75) is 20.8 Å². The van der Waals surface area contributed by atoms with Gasteiger partial charge in [0.2, 0.25) is 0 Å². The van der Waals surface area contributed by atoms with E-state index in [0.717, 1.165) is 0 Å². The zero-order valence-corrected chi connectivity index (χ0v) is 10.6. The van der Waals surface area contributed by atoms with E-state index >= 15 is 0 Å². The van der Waals surface area contributed by atoms with Gasteiger partial charge in [0.05, 0.1) is 0 Å². The lowest BCUT2D eigenvalue weighted by molar-refractivity contribution is 1.49. The summed E-state index contributed by atoms with van der Waals surface area (Å²) in [6, 6.07) is 11.1. The average molecular weight is 226 g/mol. The second-order valence-electron chi connectivity index (χ2n) is 4.46. The first kappa shape index (κ1) is 9.86. The van der Waals surface area contributed by atoms with Gasteiger partial charge < -0.3 is 0 Å². The predicted molar refractivity (Wildman–Crippen MR) is 73.5 cm³/mol. The largest absolute Gasteiger partial charge is 0.135 e. The van der Waals surface area contributed by atoms with Gasteiger partial charge in [-0.1, -0.05) is 30.3 Å². The van der Waals surface area contributed by atoms with Gasteiger partial charge in [0.1, 0.15) is 0 Å². The van der Waals surface area contributed by atoms with Gasteiger partial charge >= 0.3 is 0 Å². The van der Waals surface area contributed by atoms with Crippen LogP contribution in [0.25, 0.3) is 20.2 Å². The third kappa shape index (κ3) is 1.21. The molecule has 0 aliphatic rings. The quantitative estimate of drug-likeness (QED) is 0.507. The van der Waals surface area contributed by atoms with Crippen LogP contribution >= 0.6 is 11.3 Å². The summed E-state index contributed by atoms with van der Waals surface area (Å²) in [5, 5.41) is 2.87. The molecule has 1 heteroatoms. The number of thiophene rings is 1. The Labute approximate surface area is 99.5 Å². The van der Waals surface area contributed by atoms with E-state index in [1.165, 1.54) is 36.9 Å². The molecule has 3 aromatic rings. The van der Waals surface area contributed by atoms with E-state index in [4.69, 9.17) is 0 Å². The Balaban J connectivity index is 2.66. The van der Waals surface area contributed by atoms with Crippen LogP contribution in [0.2, 0.25) is 0 Å². The molecule has 0 aliphatic carbocycles. The summed E-state index contributed by atoms with van der Waals surface area (Å²) in [6.45, 7) is 6.60. The number of hydrogen-bond acceptors (Lipinski definition) is 1. The van der Waals surface area contributed by atoms with E-state index in [2.05, 4.69) is 51.1 Å². The molecule has 1 heterocycles. The minimum atomic E-state index is 1.39. The van der Waals surface area contributed by atoms with E-state index in [9.17, 15) is 0 Å². The molecule has 0 atom stereocenters. The Bertz CT molecular complexity index is 689. The van der Waals surface area contributed by atoms with Crippen molar-refractivity contribution >= 4 is 31.5 Å². The number of fused-ring (bicyclic) bond motifs is 3. The number of benzene rings is 2. The van der Waals surface area contributed by atoms with Crippen LogP contribution in [0.3, 0.4) is 0 Å². The molecule has 0 saturated carbocycles. The molecule has 0 nitrogen and oxygen atoms in total. The van der Waals surface area contributed by atoms with E-state index in [1.54, 1.807) is 0 Å². The molecule has 0 radical (unpaired) electrons. The van der Waals surface area contributed by atoms with Crippen LogP contribution in [-0.2, 0) is 0 Å². The topological polar surface area (TPSA) is 0 Å². The number of rotatable bonds is 0. The summed E-state index contributed by atoms with van der Waals surface area (Å²) in [5.41, 5.74) is 4.16. The minimum absolute atomic E-state index is 1.39. The number of hydrogen-bond donors (Lipinski definition) is 0. The van der Waals surface area contributed by atoms with Crippen molar-refractivity contribution in [1.29, 1.82) is 0 Å². The molecule has 0 saturated heterocycles. The number of aryl methyl sites for hydroxylation is 3. The van der Waals surface area contributed by atoms with E-state index in [-0.39, 0.29) is 0 Å². The highest BCUT2D eigenvalue weighted by Gasteiger charge is 2.10. The van der Waals surface area contributed by atoms with Gasteiger partial charge in [0.15, 0.2) is 0 Å². The molecule has 0 fully saturated rings. The first-order valence-electron chi connectivity index (χ1n) is 5.56. The average Bonchev–Trinajstić information content (AvgIpc) is 2.66. The summed E-state index contributed by atoms with van der Waals surface area (Å²) in [5.74, 6) is 0. The third-order valence-corrected chi connectivity index (χ3v) is 4.72. The summed E-state index contributed by atoms with van der Waals surface area (Å²) in [4.78, 5) is 0. The molecule has 80 valence electrons. The van der Waals surface area contributed by atoms with Crippen molar-refractivity contribution in [3.63, 3.8) is 0 Å². The highest BCUT2D eigenvalue weighted by Crippen LogP contribution is 2.38. The van der Waals surface area contributed by atoms with E-state index < -0.39 is 0 Å². The molecule has 0 aliphatic heterocycles. The molecular weight excluding hydrogens is 212 g/mol. The molecule has 1 aromatic heterocycles. The maximum absolute atomic E-state index is 2.24. The second kappa shape index (κ2) is 3.33. The van der Waals surface area contributed by atoms with E-state index in [1.807, 2.05) is 11.3 Å². The predicted octanol–water partition coefficient (Wildman–Crippen LogP) is 4.98. The molecule has 3 rings (SSSR count). The second-order valence-corrected chi connectivity index (χ2v) is 5.48. The molecule has 0 unspecified atom stereocenters. The lowest BCUT2D eigenvalue weighted by atomic mass is 10.0. The Morgan fingerprint density at radius 1 is 0.750 bits per heavy atom. The standard InChI is InChI=1S/C15H14S/c1-9-7-8-11(3)15-13(9)12-6-4-5-10(2)14(12)16-15/h4-8H,1-3H3. The van der Waals surface area contributed by atoms with Gasteiger partial charge in [-0.05, 0) is 37.5 Å². The highest BCUT2D eigenvalue weighted by atomic mass is 32.1. The molecule has 16 heavy (non-hydrogen) atoms. The third-order valence-electron chi connectivity index (χ3n) is 3.25. The van der Waals surface area contributed by atoms with Crippen LogP contribution in [0, 0.1) is 20.8 Å². The molecule has 0 amide bonds. The summed E-state index contributed by atoms with van der Waals surface area (Å²) in [7, 11) is 0. The smallest absolute Gasteiger partial charge is 0.0387 e. The Hall–Kier alpha value is -1.34. The summed E-state index contributed by atoms with van der Waals surface area (Å²) in [6.07, 6.45) is 0. The van der Waals surface area contributed by atoms with Crippen LogP contribution in [-0.4, -0.2) is 0 Å².